The number of aldehydes is 1. The van der Waals surface area contributed by atoms with Gasteiger partial charge in [-0.15, -0.1) is 0 Å². The van der Waals surface area contributed by atoms with Gasteiger partial charge < -0.3 is 4.74 Å². The van der Waals surface area contributed by atoms with Gasteiger partial charge >= 0.3 is 0 Å². The van der Waals surface area contributed by atoms with E-state index < -0.39 is 0 Å². The van der Waals surface area contributed by atoms with Crippen molar-refractivity contribution in [3.8, 4) is 22.7 Å². The Morgan fingerprint density at radius 2 is 1.80 bits per heavy atom. The van der Waals surface area contributed by atoms with Gasteiger partial charge in [-0.1, -0.05) is 32.0 Å². The Labute approximate surface area is 148 Å². The van der Waals surface area contributed by atoms with Crippen LogP contribution in [0.2, 0.25) is 0 Å². The zero-order valence-corrected chi connectivity index (χ0v) is 14.6. The van der Waals surface area contributed by atoms with Crippen LogP contribution in [0.4, 0.5) is 0 Å². The van der Waals surface area contributed by atoms with E-state index in [9.17, 15) is 4.79 Å². The molecular formula is C21H22N2O2. The van der Waals surface area contributed by atoms with E-state index in [2.05, 4.69) is 18.9 Å². The van der Waals surface area contributed by atoms with Crippen LogP contribution in [0.15, 0.2) is 60.8 Å². The lowest BCUT2D eigenvalue weighted by Gasteiger charge is -2.08. The lowest BCUT2D eigenvalue weighted by atomic mass is 10.1. The van der Waals surface area contributed by atoms with E-state index in [1.165, 1.54) is 0 Å². The van der Waals surface area contributed by atoms with Crippen LogP contribution in [-0.4, -0.2) is 22.7 Å². The molecule has 0 aliphatic carbocycles. The zero-order chi connectivity index (χ0) is 17.6. The van der Waals surface area contributed by atoms with Gasteiger partial charge in [0.1, 0.15) is 11.4 Å². The standard InChI is InChI=1S/C21H22N2O2/c1-16(2)12-13-25-20-10-8-17(9-11-20)21-18(15-24)14-23(22-21)19-6-4-3-5-7-19/h3-11,14-16H,12-13H2,1-2H3. The van der Waals surface area contributed by atoms with Crippen LogP contribution >= 0.6 is 0 Å². The minimum atomic E-state index is 0.567. The summed E-state index contributed by atoms with van der Waals surface area (Å²) in [5.41, 5.74) is 3.06. The van der Waals surface area contributed by atoms with Crippen molar-refractivity contribution in [3.05, 3.63) is 66.4 Å². The molecule has 0 N–H and O–H groups in total. The molecule has 0 unspecified atom stereocenters. The van der Waals surface area contributed by atoms with Crippen LogP contribution in [0.3, 0.4) is 0 Å². The second-order valence-electron chi connectivity index (χ2n) is 6.39. The molecule has 0 saturated carbocycles. The van der Waals surface area contributed by atoms with Gasteiger partial charge in [0, 0.05) is 11.8 Å². The van der Waals surface area contributed by atoms with Gasteiger partial charge in [0.05, 0.1) is 17.9 Å². The molecule has 3 aromatic rings. The molecule has 0 atom stereocenters. The highest BCUT2D eigenvalue weighted by atomic mass is 16.5. The quantitative estimate of drug-likeness (QED) is 0.584. The van der Waals surface area contributed by atoms with Crippen molar-refractivity contribution in [1.82, 2.24) is 9.78 Å². The number of hydrogen-bond acceptors (Lipinski definition) is 3. The molecule has 0 aliphatic heterocycles. The lowest BCUT2D eigenvalue weighted by Crippen LogP contribution is -2.01. The van der Waals surface area contributed by atoms with Crippen LogP contribution in [0.25, 0.3) is 16.9 Å². The third-order valence-electron chi connectivity index (χ3n) is 3.98. The molecule has 1 heterocycles. The first-order valence-corrected chi connectivity index (χ1v) is 8.51. The summed E-state index contributed by atoms with van der Waals surface area (Å²) in [6.45, 7) is 5.06. The monoisotopic (exact) mass is 334 g/mol. The van der Waals surface area contributed by atoms with E-state index in [1.54, 1.807) is 10.9 Å². The molecule has 1 aromatic heterocycles. The molecule has 0 amide bonds. The van der Waals surface area contributed by atoms with Gasteiger partial charge in [-0.25, -0.2) is 4.68 Å². The molecule has 25 heavy (non-hydrogen) atoms. The van der Waals surface area contributed by atoms with Crippen molar-refractivity contribution >= 4 is 6.29 Å². The van der Waals surface area contributed by atoms with Crippen LogP contribution in [0.5, 0.6) is 5.75 Å². The Kier molecular flexibility index (Phi) is 5.29. The number of benzene rings is 2. The predicted molar refractivity (Wildman–Crippen MR) is 99.3 cm³/mol. The predicted octanol–water partition coefficient (Wildman–Crippen LogP) is 4.78. The van der Waals surface area contributed by atoms with E-state index in [0.29, 0.717) is 23.8 Å². The Morgan fingerprint density at radius 3 is 2.44 bits per heavy atom. The molecule has 4 heteroatoms. The Balaban J connectivity index is 1.81. The zero-order valence-electron chi connectivity index (χ0n) is 14.6. The van der Waals surface area contributed by atoms with Crippen molar-refractivity contribution in [2.24, 2.45) is 5.92 Å². The van der Waals surface area contributed by atoms with Gasteiger partial charge in [0.15, 0.2) is 6.29 Å². The summed E-state index contributed by atoms with van der Waals surface area (Å²) in [4.78, 5) is 11.4. The van der Waals surface area contributed by atoms with Crippen molar-refractivity contribution in [1.29, 1.82) is 0 Å². The highest BCUT2D eigenvalue weighted by Gasteiger charge is 2.12. The molecule has 4 nitrogen and oxygen atoms in total. The first kappa shape index (κ1) is 17.0. The number of para-hydroxylation sites is 1. The minimum Gasteiger partial charge on any atom is -0.494 e. The van der Waals surface area contributed by atoms with E-state index >= 15 is 0 Å². The molecule has 2 aromatic carbocycles. The minimum absolute atomic E-state index is 0.567. The molecule has 0 saturated heterocycles. The van der Waals surface area contributed by atoms with Crippen LogP contribution in [0.1, 0.15) is 30.6 Å². The van der Waals surface area contributed by atoms with Gasteiger partial charge in [-0.05, 0) is 48.7 Å². The number of nitrogens with zero attached hydrogens (tertiary/aromatic N) is 2. The van der Waals surface area contributed by atoms with Gasteiger partial charge in [-0.3, -0.25) is 4.79 Å². The van der Waals surface area contributed by atoms with Gasteiger partial charge in [-0.2, -0.15) is 5.10 Å². The summed E-state index contributed by atoms with van der Waals surface area (Å²) in [5, 5.41) is 4.58. The highest BCUT2D eigenvalue weighted by molar-refractivity contribution is 5.85. The van der Waals surface area contributed by atoms with E-state index in [0.717, 1.165) is 29.7 Å². The molecule has 0 bridgehead atoms. The largest absolute Gasteiger partial charge is 0.494 e. The van der Waals surface area contributed by atoms with E-state index in [1.807, 2.05) is 54.6 Å². The highest BCUT2D eigenvalue weighted by Crippen LogP contribution is 2.25. The number of ether oxygens (including phenoxy) is 1. The third kappa shape index (κ3) is 4.15. The third-order valence-corrected chi connectivity index (χ3v) is 3.98. The first-order valence-electron chi connectivity index (χ1n) is 8.51. The molecular weight excluding hydrogens is 312 g/mol. The fourth-order valence-electron chi connectivity index (χ4n) is 2.53. The Bertz CT molecular complexity index is 821. The summed E-state index contributed by atoms with van der Waals surface area (Å²) >= 11 is 0. The maximum absolute atomic E-state index is 11.4. The molecule has 3 rings (SSSR count). The maximum atomic E-state index is 11.4. The Morgan fingerprint density at radius 1 is 1.08 bits per heavy atom. The van der Waals surface area contributed by atoms with Crippen LogP contribution in [0, 0.1) is 5.92 Å². The smallest absolute Gasteiger partial charge is 0.153 e. The second-order valence-corrected chi connectivity index (χ2v) is 6.39. The first-order chi connectivity index (χ1) is 12.2. The van der Waals surface area contributed by atoms with Crippen molar-refractivity contribution < 1.29 is 9.53 Å². The molecule has 0 aliphatic rings. The lowest BCUT2D eigenvalue weighted by molar-refractivity contribution is 0.112. The van der Waals surface area contributed by atoms with Crippen molar-refractivity contribution in [3.63, 3.8) is 0 Å². The molecule has 0 radical (unpaired) electrons. The molecule has 0 fully saturated rings. The van der Waals surface area contributed by atoms with Crippen molar-refractivity contribution in [2.45, 2.75) is 20.3 Å². The SMILES string of the molecule is CC(C)CCOc1ccc(-c2nn(-c3ccccc3)cc2C=O)cc1. The maximum Gasteiger partial charge on any atom is 0.153 e. The number of aromatic nitrogens is 2. The second kappa shape index (κ2) is 7.79. The van der Waals surface area contributed by atoms with E-state index in [4.69, 9.17) is 4.74 Å². The van der Waals surface area contributed by atoms with Crippen LogP contribution < -0.4 is 4.74 Å². The summed E-state index contributed by atoms with van der Waals surface area (Å²) in [6.07, 6.45) is 3.62. The fourth-order valence-corrected chi connectivity index (χ4v) is 2.53. The summed E-state index contributed by atoms with van der Waals surface area (Å²) in [5.74, 6) is 1.45. The Hall–Kier alpha value is -2.88. The number of rotatable bonds is 7. The topological polar surface area (TPSA) is 44.1 Å². The average molecular weight is 334 g/mol. The number of hydrogen-bond donors (Lipinski definition) is 0. The average Bonchev–Trinajstić information content (AvgIpc) is 3.07. The van der Waals surface area contributed by atoms with E-state index in [-0.39, 0.29) is 0 Å². The number of carbonyl (C=O) groups is 1. The summed E-state index contributed by atoms with van der Waals surface area (Å²) in [7, 11) is 0. The summed E-state index contributed by atoms with van der Waals surface area (Å²) in [6, 6.07) is 17.5. The van der Waals surface area contributed by atoms with Gasteiger partial charge in [0.25, 0.3) is 0 Å². The van der Waals surface area contributed by atoms with Gasteiger partial charge in [0.2, 0.25) is 0 Å². The number of carbonyl (C=O) groups excluding carboxylic acids is 1. The fraction of sp³-hybridized carbons (Fsp3) is 0.238. The summed E-state index contributed by atoms with van der Waals surface area (Å²) < 4.78 is 7.47. The molecule has 0 spiro atoms. The molecule has 128 valence electrons. The van der Waals surface area contributed by atoms with Crippen LogP contribution in [-0.2, 0) is 0 Å². The van der Waals surface area contributed by atoms with Crippen molar-refractivity contribution in [2.75, 3.05) is 6.61 Å². The normalized spacial score (nSPS) is 10.8.